The van der Waals surface area contributed by atoms with Crippen molar-refractivity contribution in [3.63, 3.8) is 0 Å². The number of benzene rings is 1. The van der Waals surface area contributed by atoms with Crippen molar-refractivity contribution in [3.8, 4) is 0 Å². The van der Waals surface area contributed by atoms with Crippen LogP contribution in [0.1, 0.15) is 17.2 Å². The molecular weight excluding hydrogens is 178 g/mol. The molecule has 0 spiro atoms. The number of rotatable bonds is 1. The zero-order valence-electron chi connectivity index (χ0n) is 7.86. The van der Waals surface area contributed by atoms with E-state index in [1.54, 1.807) is 6.20 Å². The van der Waals surface area contributed by atoms with E-state index in [1.165, 1.54) is 7.11 Å². The molecule has 1 aliphatic rings. The average molecular weight is 189 g/mol. The first kappa shape index (κ1) is 8.97. The van der Waals surface area contributed by atoms with E-state index in [-0.39, 0.29) is 5.91 Å². The summed E-state index contributed by atoms with van der Waals surface area (Å²) >= 11 is 0. The van der Waals surface area contributed by atoms with Gasteiger partial charge in [0.25, 0.3) is 5.91 Å². The average Bonchev–Trinajstić information content (AvgIpc) is 2.36. The second-order valence-corrected chi connectivity index (χ2v) is 3.09. The van der Waals surface area contributed by atoms with Gasteiger partial charge in [-0.15, -0.1) is 0 Å². The summed E-state index contributed by atoms with van der Waals surface area (Å²) in [6.07, 6.45) is 2.99. The molecule has 14 heavy (non-hydrogen) atoms. The molecule has 1 aromatic rings. The molecule has 1 atom stereocenters. The Bertz CT molecular complexity index is 385. The molecule has 0 saturated carbocycles. The zero-order chi connectivity index (χ0) is 9.97. The Morgan fingerprint density at radius 1 is 1.36 bits per heavy atom. The Hall–Kier alpha value is -1.61. The van der Waals surface area contributed by atoms with Gasteiger partial charge >= 0.3 is 0 Å². The van der Waals surface area contributed by atoms with Crippen molar-refractivity contribution in [2.75, 3.05) is 7.11 Å². The Morgan fingerprint density at radius 3 is 2.93 bits per heavy atom. The molecule has 2 rings (SSSR count). The van der Waals surface area contributed by atoms with Crippen molar-refractivity contribution in [1.82, 2.24) is 5.32 Å². The van der Waals surface area contributed by atoms with Gasteiger partial charge in [0.2, 0.25) is 0 Å². The highest BCUT2D eigenvalue weighted by molar-refractivity contribution is 5.86. The zero-order valence-corrected chi connectivity index (χ0v) is 7.86. The number of carbonyl (C=O) groups is 1. The number of ether oxygens (including phenoxy) is 1. The molecule has 3 heteroatoms. The number of amides is 1. The maximum atomic E-state index is 11.5. The van der Waals surface area contributed by atoms with Gasteiger partial charge in [0.05, 0.1) is 0 Å². The molecule has 0 aromatic heterocycles. The largest absolute Gasteiger partial charge is 0.367 e. The van der Waals surface area contributed by atoms with Crippen LogP contribution in [0.25, 0.3) is 6.08 Å². The van der Waals surface area contributed by atoms with E-state index >= 15 is 0 Å². The van der Waals surface area contributed by atoms with Gasteiger partial charge in [-0.2, -0.15) is 0 Å². The minimum Gasteiger partial charge on any atom is -0.367 e. The van der Waals surface area contributed by atoms with E-state index in [0.29, 0.717) is 0 Å². The van der Waals surface area contributed by atoms with Crippen molar-refractivity contribution in [3.05, 3.63) is 41.6 Å². The van der Waals surface area contributed by atoms with Crippen LogP contribution in [0.15, 0.2) is 30.5 Å². The molecule has 1 heterocycles. The highest BCUT2D eigenvalue weighted by Crippen LogP contribution is 2.23. The Balaban J connectivity index is 2.51. The number of carbonyl (C=O) groups excluding carboxylic acids is 1. The maximum absolute atomic E-state index is 11.5. The van der Waals surface area contributed by atoms with Crippen molar-refractivity contribution in [1.29, 1.82) is 0 Å². The lowest BCUT2D eigenvalue weighted by Crippen LogP contribution is -2.25. The van der Waals surface area contributed by atoms with Gasteiger partial charge in [-0.1, -0.05) is 24.3 Å². The third-order valence-corrected chi connectivity index (χ3v) is 2.24. The van der Waals surface area contributed by atoms with Crippen LogP contribution in [0.3, 0.4) is 0 Å². The van der Waals surface area contributed by atoms with Crippen LogP contribution in [0.5, 0.6) is 0 Å². The second-order valence-electron chi connectivity index (χ2n) is 3.09. The second kappa shape index (κ2) is 3.64. The number of nitrogens with one attached hydrogen (secondary N) is 1. The minimum atomic E-state index is -0.513. The molecule has 72 valence electrons. The smallest absolute Gasteiger partial charge is 0.257 e. The van der Waals surface area contributed by atoms with Crippen molar-refractivity contribution >= 4 is 12.0 Å². The van der Waals surface area contributed by atoms with Crippen molar-refractivity contribution in [2.24, 2.45) is 0 Å². The van der Waals surface area contributed by atoms with Crippen molar-refractivity contribution < 1.29 is 9.53 Å². The van der Waals surface area contributed by atoms with E-state index in [1.807, 2.05) is 30.3 Å². The van der Waals surface area contributed by atoms with Crippen LogP contribution < -0.4 is 5.32 Å². The molecule has 0 radical (unpaired) electrons. The van der Waals surface area contributed by atoms with Gasteiger partial charge in [0.1, 0.15) is 0 Å². The van der Waals surface area contributed by atoms with Crippen LogP contribution in [0.2, 0.25) is 0 Å². The summed E-state index contributed by atoms with van der Waals surface area (Å²) < 4.78 is 5.16. The molecule has 1 aromatic carbocycles. The summed E-state index contributed by atoms with van der Waals surface area (Å²) in [5.74, 6) is -0.131. The predicted molar refractivity (Wildman–Crippen MR) is 53.4 cm³/mol. The van der Waals surface area contributed by atoms with E-state index in [4.69, 9.17) is 4.74 Å². The van der Waals surface area contributed by atoms with Gasteiger partial charge in [0.15, 0.2) is 6.10 Å². The highest BCUT2D eigenvalue weighted by atomic mass is 16.5. The van der Waals surface area contributed by atoms with E-state index in [0.717, 1.165) is 11.1 Å². The maximum Gasteiger partial charge on any atom is 0.257 e. The van der Waals surface area contributed by atoms with Gasteiger partial charge < -0.3 is 10.1 Å². The first-order valence-corrected chi connectivity index (χ1v) is 4.41. The molecule has 1 aliphatic heterocycles. The van der Waals surface area contributed by atoms with Crippen molar-refractivity contribution in [2.45, 2.75) is 6.10 Å². The summed E-state index contributed by atoms with van der Waals surface area (Å²) in [5, 5.41) is 2.65. The van der Waals surface area contributed by atoms with Crippen LogP contribution >= 0.6 is 0 Å². The number of hydrogen-bond donors (Lipinski definition) is 1. The predicted octanol–water partition coefficient (Wildman–Crippen LogP) is 1.47. The molecule has 1 amide bonds. The topological polar surface area (TPSA) is 38.3 Å². The summed E-state index contributed by atoms with van der Waals surface area (Å²) in [4.78, 5) is 11.5. The molecule has 3 nitrogen and oxygen atoms in total. The van der Waals surface area contributed by atoms with Crippen LogP contribution in [0.4, 0.5) is 0 Å². The normalized spacial score (nSPS) is 19.8. The first-order chi connectivity index (χ1) is 6.83. The molecule has 0 saturated heterocycles. The summed E-state index contributed by atoms with van der Waals surface area (Å²) in [5.41, 5.74) is 1.92. The van der Waals surface area contributed by atoms with E-state index in [2.05, 4.69) is 5.32 Å². The number of fused-ring (bicyclic) bond motifs is 1. The van der Waals surface area contributed by atoms with Gasteiger partial charge in [0, 0.05) is 13.3 Å². The molecule has 1 unspecified atom stereocenters. The van der Waals surface area contributed by atoms with E-state index in [9.17, 15) is 4.79 Å². The summed E-state index contributed by atoms with van der Waals surface area (Å²) in [6.45, 7) is 0. The lowest BCUT2D eigenvalue weighted by molar-refractivity contribution is -0.130. The Labute approximate surface area is 82.4 Å². The van der Waals surface area contributed by atoms with Crippen LogP contribution in [0, 0.1) is 0 Å². The highest BCUT2D eigenvalue weighted by Gasteiger charge is 2.22. The fraction of sp³-hybridized carbons (Fsp3) is 0.182. The fourth-order valence-electron chi connectivity index (χ4n) is 1.57. The summed E-state index contributed by atoms with van der Waals surface area (Å²) in [7, 11) is 1.53. The molecular formula is C11H11NO2. The number of hydrogen-bond acceptors (Lipinski definition) is 2. The molecule has 0 aliphatic carbocycles. The van der Waals surface area contributed by atoms with Gasteiger partial charge in [-0.3, -0.25) is 4.79 Å². The standard InChI is InChI=1S/C11H11NO2/c1-14-10-9-5-3-2-4-8(9)6-7-12-11(10)13/h2-7,10H,1H3,(H,12,13). The number of methoxy groups -OCH3 is 1. The lowest BCUT2D eigenvalue weighted by Gasteiger charge is -2.13. The fourth-order valence-corrected chi connectivity index (χ4v) is 1.57. The molecule has 1 N–H and O–H groups in total. The lowest BCUT2D eigenvalue weighted by atomic mass is 10.0. The minimum absolute atomic E-state index is 0.131. The van der Waals surface area contributed by atoms with Crippen LogP contribution in [-0.4, -0.2) is 13.0 Å². The monoisotopic (exact) mass is 189 g/mol. The first-order valence-electron chi connectivity index (χ1n) is 4.41. The molecule has 0 fully saturated rings. The SMILES string of the molecule is COC1C(=O)NC=Cc2ccccc21. The third-order valence-electron chi connectivity index (χ3n) is 2.24. The quantitative estimate of drug-likeness (QED) is 0.726. The third kappa shape index (κ3) is 1.42. The Morgan fingerprint density at radius 2 is 2.14 bits per heavy atom. The Kier molecular flexibility index (Phi) is 2.33. The van der Waals surface area contributed by atoms with Crippen LogP contribution in [-0.2, 0) is 9.53 Å². The van der Waals surface area contributed by atoms with Gasteiger partial charge in [-0.05, 0) is 17.2 Å². The van der Waals surface area contributed by atoms with E-state index < -0.39 is 6.10 Å². The van der Waals surface area contributed by atoms with Gasteiger partial charge in [-0.25, -0.2) is 0 Å². The molecule has 0 bridgehead atoms. The summed E-state index contributed by atoms with van der Waals surface area (Å²) in [6, 6.07) is 7.69.